The smallest absolute Gasteiger partial charge is 0.150 e. The first-order valence-electron chi connectivity index (χ1n) is 10.4. The lowest BCUT2D eigenvalue weighted by molar-refractivity contribution is -0.113. The van der Waals surface area contributed by atoms with Gasteiger partial charge in [0, 0.05) is 22.9 Å². The monoisotopic (exact) mass is 430 g/mol. The molecule has 1 aromatic heterocycles. The number of rotatable bonds is 5. The van der Waals surface area contributed by atoms with E-state index < -0.39 is 11.6 Å². The third kappa shape index (κ3) is 4.25. The van der Waals surface area contributed by atoms with Crippen LogP contribution in [0.5, 0.6) is 0 Å². The first-order chi connectivity index (χ1) is 14.9. The lowest BCUT2D eigenvalue weighted by atomic mass is 9.71. The van der Waals surface area contributed by atoms with Gasteiger partial charge in [-0.05, 0) is 80.1 Å². The fourth-order valence-corrected chi connectivity index (χ4v) is 4.16. The number of hydrogen-bond acceptors (Lipinski definition) is 3. The number of H-pyrrole nitrogens is 1. The van der Waals surface area contributed by atoms with Crippen LogP contribution in [0.25, 0.3) is 22.2 Å². The first-order valence-corrected chi connectivity index (χ1v) is 10.4. The number of halogens is 3. The van der Waals surface area contributed by atoms with Crippen LogP contribution < -0.4 is 5.32 Å². The van der Waals surface area contributed by atoms with Crippen molar-refractivity contribution in [1.82, 2.24) is 10.3 Å². The predicted octanol–water partition coefficient (Wildman–Crippen LogP) is 4.68. The molecule has 3 aromatic rings. The van der Waals surface area contributed by atoms with E-state index in [1.165, 1.54) is 18.2 Å². The third-order valence-electron chi connectivity index (χ3n) is 6.46. The van der Waals surface area contributed by atoms with Crippen molar-refractivity contribution in [3.05, 3.63) is 59.4 Å². The SMILES string of the molecule is CNC1(CO)CC1.O=CC1CC(c2c(-c3ccc(F)cc3)[nH]c3c(F)cc(F)cc23)C1. The van der Waals surface area contributed by atoms with Crippen molar-refractivity contribution >= 4 is 17.2 Å². The Kier molecular flexibility index (Phi) is 5.90. The highest BCUT2D eigenvalue weighted by atomic mass is 19.1. The van der Waals surface area contributed by atoms with Gasteiger partial charge in [0.15, 0.2) is 0 Å². The fraction of sp³-hybridized carbons (Fsp3) is 0.375. The Labute approximate surface area is 178 Å². The van der Waals surface area contributed by atoms with Crippen LogP contribution in [0, 0.1) is 23.4 Å². The number of carbonyl (C=O) groups is 1. The Balaban J connectivity index is 0.000000282. The molecule has 5 rings (SSSR count). The molecule has 1 heterocycles. The average Bonchev–Trinajstić information content (AvgIpc) is 3.44. The number of aromatic nitrogens is 1. The highest BCUT2D eigenvalue weighted by Gasteiger charge is 2.40. The second-order valence-electron chi connectivity index (χ2n) is 8.48. The zero-order valence-corrected chi connectivity index (χ0v) is 17.2. The number of carbonyl (C=O) groups excluding carboxylic acids is 1. The van der Waals surface area contributed by atoms with E-state index in [0.717, 1.165) is 30.8 Å². The summed E-state index contributed by atoms with van der Waals surface area (Å²) in [4.78, 5) is 13.9. The van der Waals surface area contributed by atoms with E-state index in [9.17, 15) is 18.0 Å². The van der Waals surface area contributed by atoms with Crippen molar-refractivity contribution in [3.63, 3.8) is 0 Å². The summed E-state index contributed by atoms with van der Waals surface area (Å²) in [7, 11) is 1.89. The van der Waals surface area contributed by atoms with Gasteiger partial charge >= 0.3 is 0 Å². The summed E-state index contributed by atoms with van der Waals surface area (Å²) in [5.74, 6) is -1.63. The summed E-state index contributed by atoms with van der Waals surface area (Å²) in [6, 6.07) is 8.02. The van der Waals surface area contributed by atoms with E-state index in [-0.39, 0.29) is 28.7 Å². The fourth-order valence-electron chi connectivity index (χ4n) is 4.16. The molecule has 0 unspecified atom stereocenters. The molecule has 2 aliphatic carbocycles. The van der Waals surface area contributed by atoms with E-state index >= 15 is 0 Å². The molecular formula is C24H25F3N2O2. The molecule has 7 heteroatoms. The van der Waals surface area contributed by atoms with Crippen molar-refractivity contribution in [2.75, 3.05) is 13.7 Å². The summed E-state index contributed by atoms with van der Waals surface area (Å²) >= 11 is 0. The molecule has 0 radical (unpaired) electrons. The number of fused-ring (bicyclic) bond motifs is 1. The minimum absolute atomic E-state index is 0.0144. The molecule has 164 valence electrons. The molecule has 0 amide bonds. The summed E-state index contributed by atoms with van der Waals surface area (Å²) in [6.07, 6.45) is 4.51. The Morgan fingerprint density at radius 2 is 1.81 bits per heavy atom. The number of aromatic amines is 1. The van der Waals surface area contributed by atoms with Crippen LogP contribution in [-0.4, -0.2) is 35.6 Å². The number of aliphatic hydroxyl groups is 1. The lowest BCUT2D eigenvalue weighted by Crippen LogP contribution is -2.30. The Morgan fingerprint density at radius 1 is 1.13 bits per heavy atom. The summed E-state index contributed by atoms with van der Waals surface area (Å²) in [5.41, 5.74) is 2.54. The van der Waals surface area contributed by atoms with E-state index in [1.807, 2.05) is 7.05 Å². The van der Waals surface area contributed by atoms with Gasteiger partial charge in [-0.3, -0.25) is 0 Å². The van der Waals surface area contributed by atoms with Gasteiger partial charge in [0.1, 0.15) is 23.7 Å². The topological polar surface area (TPSA) is 65.1 Å². The van der Waals surface area contributed by atoms with Crippen LogP contribution in [0.2, 0.25) is 0 Å². The minimum atomic E-state index is -0.661. The van der Waals surface area contributed by atoms with E-state index in [1.54, 1.807) is 12.1 Å². The maximum Gasteiger partial charge on any atom is 0.150 e. The molecule has 2 aromatic carbocycles. The maximum atomic E-state index is 14.2. The number of hydrogen-bond donors (Lipinski definition) is 3. The van der Waals surface area contributed by atoms with Gasteiger partial charge in [-0.2, -0.15) is 0 Å². The van der Waals surface area contributed by atoms with Crippen molar-refractivity contribution in [1.29, 1.82) is 0 Å². The number of aliphatic hydroxyl groups excluding tert-OH is 1. The summed E-state index contributed by atoms with van der Waals surface area (Å²) < 4.78 is 41.1. The molecule has 0 spiro atoms. The van der Waals surface area contributed by atoms with Gasteiger partial charge in [0.05, 0.1) is 17.8 Å². The summed E-state index contributed by atoms with van der Waals surface area (Å²) in [6.45, 7) is 0.295. The predicted molar refractivity (Wildman–Crippen MR) is 113 cm³/mol. The quantitative estimate of drug-likeness (QED) is 0.515. The number of benzene rings is 2. The molecule has 4 nitrogen and oxygen atoms in total. The van der Waals surface area contributed by atoms with Crippen molar-refractivity contribution in [2.45, 2.75) is 37.1 Å². The Bertz CT molecular complexity index is 1080. The normalized spacial score (nSPS) is 21.2. The van der Waals surface area contributed by atoms with E-state index in [0.29, 0.717) is 36.1 Å². The van der Waals surface area contributed by atoms with Crippen LogP contribution in [0.4, 0.5) is 13.2 Å². The van der Waals surface area contributed by atoms with Crippen molar-refractivity contribution in [3.8, 4) is 11.3 Å². The van der Waals surface area contributed by atoms with E-state index in [4.69, 9.17) is 5.11 Å². The van der Waals surface area contributed by atoms with Crippen LogP contribution in [0.1, 0.15) is 37.2 Å². The third-order valence-corrected chi connectivity index (χ3v) is 6.46. The molecular weight excluding hydrogens is 405 g/mol. The molecule has 0 bridgehead atoms. The number of likely N-dealkylation sites (N-methyl/N-ethyl adjacent to an activating group) is 1. The Hall–Kier alpha value is -2.64. The van der Waals surface area contributed by atoms with Crippen LogP contribution in [0.15, 0.2) is 36.4 Å². The zero-order chi connectivity index (χ0) is 22.2. The highest BCUT2D eigenvalue weighted by Crippen LogP contribution is 2.47. The first kappa shape index (κ1) is 21.6. The molecule has 2 fully saturated rings. The van der Waals surface area contributed by atoms with Gasteiger partial charge in [-0.1, -0.05) is 0 Å². The van der Waals surface area contributed by atoms with Gasteiger partial charge < -0.3 is 20.2 Å². The second-order valence-corrected chi connectivity index (χ2v) is 8.48. The van der Waals surface area contributed by atoms with Gasteiger partial charge in [-0.25, -0.2) is 13.2 Å². The molecule has 31 heavy (non-hydrogen) atoms. The largest absolute Gasteiger partial charge is 0.394 e. The second kappa shape index (κ2) is 8.48. The van der Waals surface area contributed by atoms with Crippen LogP contribution >= 0.6 is 0 Å². The summed E-state index contributed by atoms with van der Waals surface area (Å²) in [5, 5.41) is 12.1. The molecule has 2 saturated carbocycles. The van der Waals surface area contributed by atoms with Crippen molar-refractivity contribution in [2.24, 2.45) is 5.92 Å². The van der Waals surface area contributed by atoms with Crippen LogP contribution in [0.3, 0.4) is 0 Å². The number of nitrogens with one attached hydrogen (secondary N) is 2. The molecule has 0 saturated heterocycles. The van der Waals surface area contributed by atoms with Crippen molar-refractivity contribution < 1.29 is 23.1 Å². The number of aldehydes is 1. The standard InChI is InChI=1S/C19H14F3NO.C5H11NO/c20-13-3-1-11(2-4-13)18-17(12-5-10(6-12)9-24)15-7-14(21)8-16(22)19(15)23-18;1-6-5(4-7)2-3-5/h1-4,7-10,12,23H,5-6H2;6-7H,2-4H2,1H3. The Morgan fingerprint density at radius 3 is 2.32 bits per heavy atom. The minimum Gasteiger partial charge on any atom is -0.394 e. The molecule has 0 aliphatic heterocycles. The van der Waals surface area contributed by atoms with Gasteiger partial charge in [0.2, 0.25) is 0 Å². The van der Waals surface area contributed by atoms with Gasteiger partial charge in [-0.15, -0.1) is 0 Å². The molecule has 3 N–H and O–H groups in total. The van der Waals surface area contributed by atoms with Crippen LogP contribution in [-0.2, 0) is 4.79 Å². The molecule has 2 aliphatic rings. The molecule has 0 atom stereocenters. The average molecular weight is 430 g/mol. The van der Waals surface area contributed by atoms with Gasteiger partial charge in [0.25, 0.3) is 0 Å². The van der Waals surface area contributed by atoms with E-state index in [2.05, 4.69) is 10.3 Å². The lowest BCUT2D eigenvalue weighted by Gasteiger charge is -2.32. The highest BCUT2D eigenvalue weighted by molar-refractivity contribution is 5.92. The zero-order valence-electron chi connectivity index (χ0n) is 17.2. The maximum absolute atomic E-state index is 14.2.